The fourth-order valence-electron chi connectivity index (χ4n) is 31.4. The molecule has 2 unspecified atom stereocenters. The number of ether oxygens (including phenoxy) is 9. The number of piperidine rings is 2. The maximum absolute atomic E-state index is 12.7. The van der Waals surface area contributed by atoms with Crippen LogP contribution in [0.4, 0.5) is 0 Å². The monoisotopic (exact) mass is 1470 g/mol. The highest BCUT2D eigenvalue weighted by molar-refractivity contribution is 5.66. The van der Waals surface area contributed by atoms with Gasteiger partial charge in [0.25, 0.3) is 0 Å². The van der Waals surface area contributed by atoms with Gasteiger partial charge in [-0.3, -0.25) is 24.4 Å². The molecule has 0 amide bonds. The van der Waals surface area contributed by atoms with Crippen LogP contribution in [-0.2, 0) is 47.4 Å². The zero-order chi connectivity index (χ0) is 74.1. The second-order valence-electron chi connectivity index (χ2n) is 42.6. The van der Waals surface area contributed by atoms with Gasteiger partial charge >= 0.3 is 5.97 Å². The van der Waals surface area contributed by atoms with Crippen LogP contribution < -0.4 is 0 Å². The van der Waals surface area contributed by atoms with E-state index in [4.69, 9.17) is 42.6 Å². The van der Waals surface area contributed by atoms with Crippen molar-refractivity contribution >= 4 is 5.97 Å². The number of fused-ring (bicyclic) bond motifs is 8. The number of carbonyl (C=O) groups excluding carboxylic acids is 1. The molecule has 8 saturated heterocycles. The summed E-state index contributed by atoms with van der Waals surface area (Å²) < 4.78 is 57.1. The number of morpholine rings is 2. The Morgan fingerprint density at radius 3 is 1.26 bits per heavy atom. The van der Waals surface area contributed by atoms with E-state index in [1.54, 1.807) is 27.7 Å². The molecule has 19 nitrogen and oxygen atoms in total. The van der Waals surface area contributed by atoms with E-state index in [1.807, 2.05) is 0 Å². The van der Waals surface area contributed by atoms with E-state index in [1.165, 1.54) is 110 Å². The molecule has 105 heavy (non-hydrogen) atoms. The van der Waals surface area contributed by atoms with Crippen molar-refractivity contribution in [3.63, 3.8) is 0 Å². The van der Waals surface area contributed by atoms with Crippen molar-refractivity contribution in [2.24, 2.45) is 101 Å². The summed E-state index contributed by atoms with van der Waals surface area (Å²) in [4.78, 5) is 22.8. The average Bonchev–Trinajstić information content (AvgIpc) is 1.46. The predicted molar refractivity (Wildman–Crippen MR) is 397 cm³/mol. The number of aliphatic hydroxyl groups excluding tert-OH is 3. The molecule has 4 spiro atoms. The third kappa shape index (κ3) is 11.4. The van der Waals surface area contributed by atoms with Crippen molar-refractivity contribution < 1.29 is 73.0 Å². The van der Waals surface area contributed by atoms with Crippen LogP contribution in [0.1, 0.15) is 232 Å². The summed E-state index contributed by atoms with van der Waals surface area (Å²) in [6.07, 6.45) is 18.6. The van der Waals surface area contributed by atoms with Gasteiger partial charge in [0, 0.05) is 82.2 Å². The van der Waals surface area contributed by atoms with Gasteiger partial charge in [0.05, 0.1) is 112 Å². The Labute approximate surface area is 630 Å². The molecule has 8 aliphatic heterocycles. The third-order valence-electron chi connectivity index (χ3n) is 37.0. The Morgan fingerprint density at radius 1 is 0.486 bits per heavy atom. The number of rotatable bonds is 13. The van der Waals surface area contributed by atoms with Crippen LogP contribution in [0, 0.1) is 101 Å². The fraction of sp³-hybridized carbons (Fsp3) is 0.988. The summed E-state index contributed by atoms with van der Waals surface area (Å²) in [5.74, 6) is 2.78. The van der Waals surface area contributed by atoms with Gasteiger partial charge in [0.2, 0.25) is 0 Å². The Bertz CT molecular complexity index is 3180. The lowest BCUT2D eigenvalue weighted by Gasteiger charge is -2.64. The Kier molecular flexibility index (Phi) is 19.2. The number of aliphatic hydroxyl groups is 5. The minimum atomic E-state index is -1.25. The van der Waals surface area contributed by atoms with Gasteiger partial charge in [-0.15, -0.1) is 0 Å². The summed E-state index contributed by atoms with van der Waals surface area (Å²) in [6.45, 7) is 46.2. The number of esters is 1. The molecule has 0 radical (unpaired) electrons. The highest BCUT2D eigenvalue weighted by Gasteiger charge is 2.87. The van der Waals surface area contributed by atoms with E-state index in [9.17, 15) is 30.3 Å². The summed E-state index contributed by atoms with van der Waals surface area (Å²) in [7, 11) is 0. The van der Waals surface area contributed by atoms with Crippen LogP contribution in [-0.4, -0.2) is 252 Å². The van der Waals surface area contributed by atoms with Crippen LogP contribution in [0.3, 0.4) is 0 Å². The maximum Gasteiger partial charge on any atom is 0.303 e. The molecule has 0 aromatic carbocycles. The average molecular weight is 1470 g/mol. The number of hydrogen-bond acceptors (Lipinski definition) is 19. The molecule has 10 aliphatic carbocycles. The molecule has 18 fully saturated rings. The first-order valence-corrected chi connectivity index (χ1v) is 43.2. The number of likely N-dealkylation sites (tertiary alicyclic amines) is 2. The number of carbonyl (C=O) groups is 1. The van der Waals surface area contributed by atoms with E-state index in [0.717, 1.165) is 111 Å². The Hall–Kier alpha value is -1.21. The lowest BCUT2D eigenvalue weighted by atomic mass is 9.41. The SMILES string of the molecule is CC(=O)O[C@@H]([C@H]1C[C@@H](C)[C@H]2[C@H](O1)[C@H](O)[C@@]1(C)[C@@H]3CC[C@H]4C(C)(C)[C@@H](O[C@H]5CN(C6CCN(C7COC7)CC6)CCO5)CCC45C[C@@]35CC[C@]21C)C(C)(C)O.C[C@@H]1C[C@H]([C@H](O)C(C)(C)O)O[C@H]2[C@H]1[C@@]1(C)CC[C@@]34CC35CC[C@H](O[C@H]3CN(C6CCN(C7COC7)CC6)CCO3)C(C)(C)[C@@H]5CC[C@H]4[C@]1(C)[C@H]2O. The lowest BCUT2D eigenvalue weighted by molar-refractivity contribution is -0.252. The molecule has 18 aliphatic rings. The van der Waals surface area contributed by atoms with Gasteiger partial charge in [-0.05, 0) is 247 Å². The molecule has 596 valence electrons. The predicted octanol–water partition coefficient (Wildman–Crippen LogP) is 10.2. The molecule has 0 aromatic heterocycles. The molecule has 10 saturated carbocycles. The van der Waals surface area contributed by atoms with Crippen LogP contribution in [0.25, 0.3) is 0 Å². The first kappa shape index (κ1) is 76.4. The Morgan fingerprint density at radius 2 is 0.876 bits per heavy atom. The van der Waals surface area contributed by atoms with Crippen molar-refractivity contribution in [1.29, 1.82) is 0 Å². The molecule has 19 heteroatoms. The fourth-order valence-corrected chi connectivity index (χ4v) is 31.4. The minimum Gasteiger partial charge on any atom is -0.457 e. The van der Waals surface area contributed by atoms with Gasteiger partial charge in [0.15, 0.2) is 18.7 Å². The van der Waals surface area contributed by atoms with E-state index in [0.29, 0.717) is 71.0 Å². The van der Waals surface area contributed by atoms with E-state index in [2.05, 4.69) is 88.8 Å². The smallest absolute Gasteiger partial charge is 0.303 e. The quantitative estimate of drug-likeness (QED) is 0.108. The number of nitrogens with zero attached hydrogens (tertiary/aromatic N) is 4. The zero-order valence-corrected chi connectivity index (χ0v) is 67.5. The van der Waals surface area contributed by atoms with Gasteiger partial charge in [0.1, 0.15) is 6.10 Å². The maximum atomic E-state index is 12.7. The van der Waals surface area contributed by atoms with Gasteiger partial charge in [-0.25, -0.2) is 0 Å². The topological polar surface area (TPSA) is 214 Å². The van der Waals surface area contributed by atoms with Crippen molar-refractivity contribution in [3.05, 3.63) is 0 Å². The highest BCUT2D eigenvalue weighted by atomic mass is 16.7. The van der Waals surface area contributed by atoms with E-state index < -0.39 is 53.8 Å². The summed E-state index contributed by atoms with van der Waals surface area (Å²) in [5.41, 5.74) is -1.78. The molecule has 5 N–H and O–H groups in total. The largest absolute Gasteiger partial charge is 0.457 e. The second kappa shape index (κ2) is 26.4. The highest BCUT2D eigenvalue weighted by Crippen LogP contribution is 2.91. The molecule has 28 atom stereocenters. The summed E-state index contributed by atoms with van der Waals surface area (Å²) in [5, 5.41) is 58.0. The minimum absolute atomic E-state index is 0.0179. The van der Waals surface area contributed by atoms with Crippen LogP contribution in [0.15, 0.2) is 0 Å². The molecule has 0 bridgehead atoms. The van der Waals surface area contributed by atoms with Gasteiger partial charge in [-0.1, -0.05) is 69.2 Å². The standard InChI is InChI=1S/C44H72N2O8.C42H70N2O7/c1-26-21-30(38(40(5,6)49)52-27(2)47)53-36-35(26)41(7)15-16-44-25-43(44)14-11-33(39(3,4)31(43)9-10-32(44)42(41,8)37(36)48)54-34-22-46(19-20-51-34)28-12-17-45(18-13-28)29-23-50-24-29;1-25-20-28(35(45)38(4,5)47)50-34-33(25)39(6)14-15-42-24-41(42)13-10-31(37(2,3)29(41)8-9-30(42)40(39,7)36(34)46)51-32-21-44(18-19-49-32)26-11-16-43(17-12-26)27-22-48-23-27/h26,28-38,48-49H,9-25H2,1-8H3;25-36,45-47H,8-24H2,1-7H3/t26-,30-,31+,32+,33+,34+,35+,36+,37+,38+,41-,42-,43?,44+;25-,28-,29+,30+,31+,32+,33+,34+,35+,36+,39-,40-,41?,42+/m11/s1. The van der Waals surface area contributed by atoms with Crippen molar-refractivity contribution in [2.75, 3.05) is 92.0 Å². The van der Waals surface area contributed by atoms with Crippen molar-refractivity contribution in [1.82, 2.24) is 19.6 Å². The van der Waals surface area contributed by atoms with Gasteiger partial charge < -0.3 is 68.2 Å². The van der Waals surface area contributed by atoms with Crippen LogP contribution in [0.2, 0.25) is 0 Å². The van der Waals surface area contributed by atoms with Crippen molar-refractivity contribution in [3.8, 4) is 0 Å². The normalized spacial score (nSPS) is 51.2. The van der Waals surface area contributed by atoms with Crippen LogP contribution in [0.5, 0.6) is 0 Å². The first-order chi connectivity index (χ1) is 49.5. The lowest BCUT2D eigenvalue weighted by Crippen LogP contribution is -2.60. The summed E-state index contributed by atoms with van der Waals surface area (Å²) >= 11 is 0. The third-order valence-corrected chi connectivity index (χ3v) is 37.0. The molecule has 0 aromatic rings. The van der Waals surface area contributed by atoms with Gasteiger partial charge in [-0.2, -0.15) is 0 Å². The summed E-state index contributed by atoms with van der Waals surface area (Å²) in [6, 6.07) is 2.52. The second-order valence-corrected chi connectivity index (χ2v) is 42.6. The number of hydrogen-bond donors (Lipinski definition) is 5. The molecule has 18 rings (SSSR count). The van der Waals surface area contributed by atoms with E-state index in [-0.39, 0.29) is 98.1 Å². The molecule has 8 heterocycles. The zero-order valence-electron chi connectivity index (χ0n) is 67.5. The van der Waals surface area contributed by atoms with Crippen molar-refractivity contribution in [2.45, 2.75) is 341 Å². The molecular weight excluding hydrogens is 1330 g/mol. The first-order valence-electron chi connectivity index (χ1n) is 43.2. The molecular formula is C86H142N4O15. The van der Waals surface area contributed by atoms with E-state index >= 15 is 0 Å². The van der Waals surface area contributed by atoms with Crippen LogP contribution >= 0.6 is 0 Å². The Balaban J connectivity index is 0.000000155.